The summed E-state index contributed by atoms with van der Waals surface area (Å²) >= 11 is 0. The van der Waals surface area contributed by atoms with Crippen LogP contribution in [0.15, 0.2) is 237 Å². The molecule has 65 heavy (non-hydrogen) atoms. The predicted octanol–water partition coefficient (Wildman–Crippen LogP) is 16.5. The summed E-state index contributed by atoms with van der Waals surface area (Å²) < 4.78 is 2.41. The van der Waals surface area contributed by atoms with Crippen LogP contribution in [0.2, 0.25) is 0 Å². The van der Waals surface area contributed by atoms with Crippen molar-refractivity contribution in [3.63, 3.8) is 0 Å². The van der Waals surface area contributed by atoms with Crippen LogP contribution in [0.5, 0.6) is 0 Å². The summed E-state index contributed by atoms with van der Waals surface area (Å²) in [4.78, 5) is 10.2. The zero-order valence-corrected chi connectivity index (χ0v) is 35.4. The van der Waals surface area contributed by atoms with Crippen molar-refractivity contribution in [3.8, 4) is 61.5 Å². The van der Waals surface area contributed by atoms with Gasteiger partial charge in [-0.1, -0.05) is 200 Å². The second-order valence-electron chi connectivity index (χ2n) is 16.9. The van der Waals surface area contributed by atoms with Gasteiger partial charge in [-0.15, -0.1) is 0 Å². The van der Waals surface area contributed by atoms with Gasteiger partial charge in [-0.05, 0) is 96.4 Å². The summed E-state index contributed by atoms with van der Waals surface area (Å²) in [6, 6.07) is 83.3. The molecule has 13 rings (SSSR count). The molecule has 11 aromatic carbocycles. The zero-order valence-electron chi connectivity index (χ0n) is 35.4. The molecule has 2 heterocycles. The van der Waals surface area contributed by atoms with Gasteiger partial charge in [0.15, 0.2) is 0 Å². The highest BCUT2D eigenvalue weighted by Gasteiger charge is 2.16. The first-order chi connectivity index (χ1) is 32.2. The molecule has 0 amide bonds. The Hall–Kier alpha value is -8.66. The van der Waals surface area contributed by atoms with Gasteiger partial charge in [0.05, 0.1) is 34.0 Å². The molecule has 3 heteroatoms. The smallest absolute Gasteiger partial charge is 0.0979 e. The quantitative estimate of drug-likeness (QED) is 0.156. The minimum atomic E-state index is 0.864. The standard InChI is InChI=1S/C62H39N3/c1-2-15-50-44(11-1)12-10-21-51(50)45-31-34-49(35-32-45)65-59-22-8-7-18-54(59)55-36-33-47(38-60(55)65)43-29-25-41(26-30-43)40-23-27-42(28-24-40)46-13-9-14-48(37-46)58-39-63-61-56-19-5-3-16-52(56)53-17-4-6-20-57(53)62(61)64-58/h1-39H. The molecule has 0 fully saturated rings. The molecule has 3 nitrogen and oxygen atoms in total. The Bertz CT molecular complexity index is 3930. The van der Waals surface area contributed by atoms with E-state index in [9.17, 15) is 0 Å². The Morgan fingerprint density at radius 2 is 0.785 bits per heavy atom. The third kappa shape index (κ3) is 6.20. The van der Waals surface area contributed by atoms with E-state index in [4.69, 9.17) is 9.97 Å². The highest BCUT2D eigenvalue weighted by molar-refractivity contribution is 6.23. The molecule has 13 aromatic rings. The molecular formula is C62H39N3. The van der Waals surface area contributed by atoms with Gasteiger partial charge in [0.25, 0.3) is 0 Å². The van der Waals surface area contributed by atoms with Crippen LogP contribution in [-0.2, 0) is 0 Å². The molecule has 0 bridgehead atoms. The van der Waals surface area contributed by atoms with Crippen LogP contribution in [0.25, 0.3) is 127 Å². The van der Waals surface area contributed by atoms with E-state index in [2.05, 4.69) is 235 Å². The Labute approximate surface area is 376 Å². The summed E-state index contributed by atoms with van der Waals surface area (Å²) in [7, 11) is 0. The highest BCUT2D eigenvalue weighted by atomic mass is 15.0. The zero-order chi connectivity index (χ0) is 42.8. The van der Waals surface area contributed by atoms with E-state index in [1.165, 1.54) is 76.7 Å². The van der Waals surface area contributed by atoms with Crippen LogP contribution in [-0.4, -0.2) is 14.5 Å². The number of para-hydroxylation sites is 1. The molecular weight excluding hydrogens is 787 g/mol. The average molecular weight is 826 g/mol. The second kappa shape index (κ2) is 15.0. The number of fused-ring (bicyclic) bond motifs is 10. The molecule has 0 aliphatic carbocycles. The highest BCUT2D eigenvalue weighted by Crippen LogP contribution is 2.38. The van der Waals surface area contributed by atoms with Crippen molar-refractivity contribution in [2.75, 3.05) is 0 Å². The van der Waals surface area contributed by atoms with Gasteiger partial charge >= 0.3 is 0 Å². The Morgan fingerprint density at radius 1 is 0.292 bits per heavy atom. The molecule has 0 atom stereocenters. The largest absolute Gasteiger partial charge is 0.309 e. The normalized spacial score (nSPS) is 11.7. The summed E-state index contributed by atoms with van der Waals surface area (Å²) in [5.41, 5.74) is 16.8. The number of benzene rings is 11. The van der Waals surface area contributed by atoms with Crippen LogP contribution in [0, 0.1) is 0 Å². The van der Waals surface area contributed by atoms with E-state index in [0.717, 1.165) is 49.9 Å². The van der Waals surface area contributed by atoms with Crippen molar-refractivity contribution in [2.45, 2.75) is 0 Å². The maximum Gasteiger partial charge on any atom is 0.0979 e. The van der Waals surface area contributed by atoms with Gasteiger partial charge < -0.3 is 4.57 Å². The van der Waals surface area contributed by atoms with Crippen LogP contribution >= 0.6 is 0 Å². The van der Waals surface area contributed by atoms with Crippen LogP contribution in [0.4, 0.5) is 0 Å². The lowest BCUT2D eigenvalue weighted by Gasteiger charge is -2.12. The molecule has 0 saturated carbocycles. The molecule has 0 spiro atoms. The van der Waals surface area contributed by atoms with Gasteiger partial charge in [-0.3, -0.25) is 4.98 Å². The molecule has 0 unspecified atom stereocenters. The lowest BCUT2D eigenvalue weighted by atomic mass is 9.96. The predicted molar refractivity (Wildman–Crippen MR) is 274 cm³/mol. The molecule has 302 valence electrons. The van der Waals surface area contributed by atoms with Crippen molar-refractivity contribution in [1.29, 1.82) is 0 Å². The first-order valence-corrected chi connectivity index (χ1v) is 22.2. The van der Waals surface area contributed by atoms with Crippen LogP contribution < -0.4 is 0 Å². The van der Waals surface area contributed by atoms with E-state index >= 15 is 0 Å². The topological polar surface area (TPSA) is 30.7 Å². The van der Waals surface area contributed by atoms with Gasteiger partial charge in [0, 0.05) is 32.8 Å². The summed E-state index contributed by atoms with van der Waals surface area (Å²) in [6.07, 6.45) is 1.92. The minimum absolute atomic E-state index is 0.864. The van der Waals surface area contributed by atoms with E-state index in [0.29, 0.717) is 0 Å². The Kier molecular flexibility index (Phi) is 8.53. The summed E-state index contributed by atoms with van der Waals surface area (Å²) in [6.45, 7) is 0. The van der Waals surface area contributed by atoms with E-state index in [1.54, 1.807) is 0 Å². The minimum Gasteiger partial charge on any atom is -0.309 e. The SMILES string of the molecule is c1cc(-c2ccc(-c3ccc(-c4ccc5c6ccccc6n(-c6ccc(-c7cccc8ccccc78)cc6)c5c4)cc3)cc2)cc(-c2cnc3c4ccccc4c4ccccc4c3n2)c1. The first-order valence-electron chi connectivity index (χ1n) is 22.2. The fraction of sp³-hybridized carbons (Fsp3) is 0. The number of rotatable bonds is 6. The molecule has 0 N–H and O–H groups in total. The third-order valence-corrected chi connectivity index (χ3v) is 13.3. The first kappa shape index (κ1) is 36.9. The Balaban J connectivity index is 0.791. The lowest BCUT2D eigenvalue weighted by molar-refractivity contribution is 1.18. The molecule has 0 saturated heterocycles. The van der Waals surface area contributed by atoms with E-state index in [-0.39, 0.29) is 0 Å². The van der Waals surface area contributed by atoms with Crippen molar-refractivity contribution in [3.05, 3.63) is 237 Å². The van der Waals surface area contributed by atoms with Gasteiger partial charge in [0.2, 0.25) is 0 Å². The number of hydrogen-bond donors (Lipinski definition) is 0. The summed E-state index contributed by atoms with van der Waals surface area (Å²) in [5.74, 6) is 0. The maximum atomic E-state index is 5.24. The third-order valence-electron chi connectivity index (χ3n) is 13.3. The van der Waals surface area contributed by atoms with Crippen molar-refractivity contribution < 1.29 is 0 Å². The van der Waals surface area contributed by atoms with Crippen molar-refractivity contribution >= 4 is 65.2 Å². The second-order valence-corrected chi connectivity index (χ2v) is 16.9. The summed E-state index contributed by atoms with van der Waals surface area (Å²) in [5, 5.41) is 9.67. The van der Waals surface area contributed by atoms with Crippen LogP contribution in [0.3, 0.4) is 0 Å². The number of aromatic nitrogens is 3. The molecule has 2 aromatic heterocycles. The fourth-order valence-corrected chi connectivity index (χ4v) is 10.0. The van der Waals surface area contributed by atoms with Gasteiger partial charge in [-0.25, -0.2) is 4.98 Å². The van der Waals surface area contributed by atoms with E-state index < -0.39 is 0 Å². The van der Waals surface area contributed by atoms with Crippen molar-refractivity contribution in [1.82, 2.24) is 14.5 Å². The average Bonchev–Trinajstić information content (AvgIpc) is 3.72. The lowest BCUT2D eigenvalue weighted by Crippen LogP contribution is -1.94. The van der Waals surface area contributed by atoms with Crippen LogP contribution in [0.1, 0.15) is 0 Å². The monoisotopic (exact) mass is 825 g/mol. The van der Waals surface area contributed by atoms with Gasteiger partial charge in [-0.2, -0.15) is 0 Å². The van der Waals surface area contributed by atoms with Crippen molar-refractivity contribution in [2.24, 2.45) is 0 Å². The number of hydrogen-bond acceptors (Lipinski definition) is 2. The molecule has 0 aliphatic rings. The van der Waals surface area contributed by atoms with Gasteiger partial charge in [0.1, 0.15) is 0 Å². The van der Waals surface area contributed by atoms with E-state index in [1.807, 2.05) is 6.20 Å². The molecule has 0 radical (unpaired) electrons. The Morgan fingerprint density at radius 3 is 1.49 bits per heavy atom. The fourth-order valence-electron chi connectivity index (χ4n) is 10.0. The maximum absolute atomic E-state index is 5.24. The molecule has 0 aliphatic heterocycles. The number of nitrogens with zero attached hydrogens (tertiary/aromatic N) is 3.